The van der Waals surface area contributed by atoms with Crippen LogP contribution in [0.2, 0.25) is 0 Å². The number of hydrogen-bond acceptors (Lipinski definition) is 8. The largest absolute Gasteiger partial charge is 0.442 e. The molecule has 1 aliphatic carbocycles. The summed E-state index contributed by atoms with van der Waals surface area (Å²) in [5, 5.41) is 7.18. The maximum Gasteiger partial charge on any atom is 0.256 e. The fourth-order valence-corrected chi connectivity index (χ4v) is 3.50. The third kappa shape index (κ3) is 2.92. The van der Waals surface area contributed by atoms with E-state index in [2.05, 4.69) is 42.4 Å². The summed E-state index contributed by atoms with van der Waals surface area (Å²) in [7, 11) is 0. The second-order valence-corrected chi connectivity index (χ2v) is 7.76. The van der Waals surface area contributed by atoms with Crippen LogP contribution in [-0.4, -0.2) is 50.5 Å². The lowest BCUT2D eigenvalue weighted by Gasteiger charge is -2.40. The summed E-state index contributed by atoms with van der Waals surface area (Å²) in [5.74, 6) is 1.90. The van der Waals surface area contributed by atoms with Gasteiger partial charge in [-0.15, -0.1) is 0 Å². The molecule has 9 heteroatoms. The van der Waals surface area contributed by atoms with Gasteiger partial charge < -0.3 is 20.0 Å². The normalized spacial score (nSPS) is 18.0. The molecule has 0 atom stereocenters. The molecule has 2 fully saturated rings. The summed E-state index contributed by atoms with van der Waals surface area (Å²) >= 11 is 0. The molecule has 1 amide bonds. The number of fused-ring (bicyclic) bond motifs is 1. The summed E-state index contributed by atoms with van der Waals surface area (Å²) in [6.07, 6.45) is 6.86. The summed E-state index contributed by atoms with van der Waals surface area (Å²) in [6.45, 7) is 5.34. The van der Waals surface area contributed by atoms with E-state index in [9.17, 15) is 4.79 Å². The number of aromatic nitrogens is 4. The fourth-order valence-electron chi connectivity index (χ4n) is 3.50. The molecular formula is C19H21N7O2. The minimum atomic E-state index is -0.164. The molecular weight excluding hydrogens is 358 g/mol. The lowest BCUT2D eigenvalue weighted by atomic mass is 10.1. The molecule has 3 aromatic heterocycles. The van der Waals surface area contributed by atoms with E-state index in [1.54, 1.807) is 13.1 Å². The average Bonchev–Trinajstić information content (AvgIpc) is 3.26. The van der Waals surface area contributed by atoms with Crippen LogP contribution >= 0.6 is 0 Å². The number of furan rings is 1. The number of anilines is 2. The number of aryl methyl sites for hydroxylation is 1. The van der Waals surface area contributed by atoms with Crippen LogP contribution in [0.25, 0.3) is 11.1 Å². The lowest BCUT2D eigenvalue weighted by molar-refractivity contribution is 0.0930. The number of amides is 1. The standard InChI is InChI=1S/C19H21N7O2/c1-11-14(15-16(25-19(2)4-5-19)22-10-23-18(15)28-11)17(27)24-12-7-26(8-12)13-3-6-20-9-21-13/h3,6,9-10,12H,4-5,7-8H2,1-2H3,(H,24,27)(H,22,23,25). The first-order valence-electron chi connectivity index (χ1n) is 9.36. The zero-order valence-electron chi connectivity index (χ0n) is 15.8. The first-order valence-corrected chi connectivity index (χ1v) is 9.36. The number of hydrogen-bond donors (Lipinski definition) is 2. The Morgan fingerprint density at radius 3 is 2.79 bits per heavy atom. The van der Waals surface area contributed by atoms with Gasteiger partial charge in [0.25, 0.3) is 5.91 Å². The highest BCUT2D eigenvalue weighted by Crippen LogP contribution is 2.40. The Morgan fingerprint density at radius 1 is 1.25 bits per heavy atom. The molecule has 9 nitrogen and oxygen atoms in total. The van der Waals surface area contributed by atoms with E-state index in [-0.39, 0.29) is 17.5 Å². The van der Waals surface area contributed by atoms with Gasteiger partial charge in [0.1, 0.15) is 30.1 Å². The maximum absolute atomic E-state index is 13.0. The Hall–Kier alpha value is -3.23. The van der Waals surface area contributed by atoms with Crippen molar-refractivity contribution < 1.29 is 9.21 Å². The molecule has 4 heterocycles. The van der Waals surface area contributed by atoms with Gasteiger partial charge in [0, 0.05) is 24.8 Å². The van der Waals surface area contributed by atoms with Crippen LogP contribution in [-0.2, 0) is 0 Å². The van der Waals surface area contributed by atoms with Crippen molar-refractivity contribution in [3.05, 3.63) is 36.2 Å². The summed E-state index contributed by atoms with van der Waals surface area (Å²) in [5.41, 5.74) is 0.968. The molecule has 1 aliphatic heterocycles. The van der Waals surface area contributed by atoms with Gasteiger partial charge in [-0.3, -0.25) is 4.79 Å². The van der Waals surface area contributed by atoms with Crippen LogP contribution in [0, 0.1) is 6.92 Å². The highest BCUT2D eigenvalue weighted by molar-refractivity contribution is 6.10. The Bertz CT molecular complexity index is 1040. The molecule has 144 valence electrons. The number of carbonyl (C=O) groups excluding carboxylic acids is 1. The molecule has 0 spiro atoms. The SMILES string of the molecule is Cc1oc2ncnc(NC3(C)CC3)c2c1C(=O)NC1CN(c2ccncn2)C1. The van der Waals surface area contributed by atoms with E-state index in [0.29, 0.717) is 41.3 Å². The quantitative estimate of drug-likeness (QED) is 0.692. The van der Waals surface area contributed by atoms with Crippen LogP contribution in [0.4, 0.5) is 11.6 Å². The van der Waals surface area contributed by atoms with E-state index >= 15 is 0 Å². The van der Waals surface area contributed by atoms with Gasteiger partial charge in [0.15, 0.2) is 0 Å². The van der Waals surface area contributed by atoms with Gasteiger partial charge >= 0.3 is 0 Å². The van der Waals surface area contributed by atoms with Gasteiger partial charge in [-0.2, -0.15) is 0 Å². The van der Waals surface area contributed by atoms with Crippen molar-refractivity contribution in [2.75, 3.05) is 23.3 Å². The number of nitrogens with one attached hydrogen (secondary N) is 2. The molecule has 1 saturated heterocycles. The molecule has 2 N–H and O–H groups in total. The van der Waals surface area contributed by atoms with Gasteiger partial charge in [0.2, 0.25) is 5.71 Å². The van der Waals surface area contributed by atoms with Gasteiger partial charge in [-0.1, -0.05) is 0 Å². The van der Waals surface area contributed by atoms with E-state index in [0.717, 1.165) is 18.7 Å². The Kier molecular flexibility index (Phi) is 3.71. The second-order valence-electron chi connectivity index (χ2n) is 7.76. The predicted octanol–water partition coefficient (Wildman–Crippen LogP) is 1.90. The summed E-state index contributed by atoms with van der Waals surface area (Å²) in [4.78, 5) is 31.8. The maximum atomic E-state index is 13.0. The van der Waals surface area contributed by atoms with Crippen LogP contribution in [0.1, 0.15) is 35.9 Å². The zero-order valence-corrected chi connectivity index (χ0v) is 15.8. The highest BCUT2D eigenvalue weighted by Gasteiger charge is 2.39. The van der Waals surface area contributed by atoms with Gasteiger partial charge in [-0.25, -0.2) is 19.9 Å². The van der Waals surface area contributed by atoms with Crippen molar-refractivity contribution in [2.24, 2.45) is 0 Å². The van der Waals surface area contributed by atoms with Crippen molar-refractivity contribution in [3.63, 3.8) is 0 Å². The van der Waals surface area contributed by atoms with Crippen LogP contribution in [0.5, 0.6) is 0 Å². The van der Waals surface area contributed by atoms with Crippen molar-refractivity contribution >= 4 is 28.6 Å². The Morgan fingerprint density at radius 2 is 2.07 bits per heavy atom. The zero-order chi connectivity index (χ0) is 19.3. The summed E-state index contributed by atoms with van der Waals surface area (Å²) < 4.78 is 5.74. The first-order chi connectivity index (χ1) is 13.5. The molecule has 0 unspecified atom stereocenters. The Labute approximate surface area is 161 Å². The molecule has 2 aliphatic rings. The predicted molar refractivity (Wildman–Crippen MR) is 103 cm³/mol. The van der Waals surface area contributed by atoms with Crippen LogP contribution in [0.15, 0.2) is 29.3 Å². The minimum absolute atomic E-state index is 0.0339. The molecule has 0 bridgehead atoms. The van der Waals surface area contributed by atoms with Crippen molar-refractivity contribution in [1.82, 2.24) is 25.3 Å². The second kappa shape index (κ2) is 6.15. The van der Waals surface area contributed by atoms with E-state index in [4.69, 9.17) is 4.42 Å². The molecule has 1 saturated carbocycles. The summed E-state index contributed by atoms with van der Waals surface area (Å²) in [6, 6.07) is 1.91. The topological polar surface area (TPSA) is 109 Å². The smallest absolute Gasteiger partial charge is 0.256 e. The lowest BCUT2D eigenvalue weighted by Crippen LogP contribution is -2.59. The van der Waals surface area contributed by atoms with Crippen molar-refractivity contribution in [3.8, 4) is 0 Å². The van der Waals surface area contributed by atoms with Gasteiger partial charge in [-0.05, 0) is 32.8 Å². The van der Waals surface area contributed by atoms with E-state index in [1.807, 2.05) is 6.07 Å². The van der Waals surface area contributed by atoms with Crippen molar-refractivity contribution in [1.29, 1.82) is 0 Å². The monoisotopic (exact) mass is 379 g/mol. The number of nitrogens with zero attached hydrogens (tertiary/aromatic N) is 5. The van der Waals surface area contributed by atoms with Crippen LogP contribution < -0.4 is 15.5 Å². The van der Waals surface area contributed by atoms with Crippen molar-refractivity contribution in [2.45, 2.75) is 38.3 Å². The highest BCUT2D eigenvalue weighted by atomic mass is 16.3. The fraction of sp³-hybridized carbons (Fsp3) is 0.421. The van der Waals surface area contributed by atoms with Crippen LogP contribution in [0.3, 0.4) is 0 Å². The number of carbonyl (C=O) groups is 1. The molecule has 0 radical (unpaired) electrons. The Balaban J connectivity index is 1.36. The molecule has 28 heavy (non-hydrogen) atoms. The molecule has 5 rings (SSSR count). The molecule has 0 aromatic carbocycles. The third-order valence-corrected chi connectivity index (χ3v) is 5.42. The first kappa shape index (κ1) is 16.9. The van der Waals surface area contributed by atoms with E-state index in [1.165, 1.54) is 12.7 Å². The average molecular weight is 379 g/mol. The number of rotatable bonds is 5. The van der Waals surface area contributed by atoms with Gasteiger partial charge in [0.05, 0.1) is 17.0 Å². The van der Waals surface area contributed by atoms with E-state index < -0.39 is 0 Å². The molecule has 3 aromatic rings. The minimum Gasteiger partial charge on any atom is -0.442 e. The third-order valence-electron chi connectivity index (χ3n) is 5.42.